The van der Waals surface area contributed by atoms with E-state index in [1.807, 2.05) is 0 Å². The Hall–Kier alpha value is -1.86. The van der Waals surface area contributed by atoms with Gasteiger partial charge in [0.2, 0.25) is 0 Å². The Morgan fingerprint density at radius 1 is 0.690 bits per heavy atom. The Bertz CT molecular complexity index is 852. The van der Waals surface area contributed by atoms with Crippen LogP contribution in [0.2, 0.25) is 20.1 Å². The SMILES string of the molecule is O=C(Nc1cc(Cl)ccc1Cl)N1CCCN(C(=O)Nc2cc(Cl)ccc2Cl)CC1. The van der Waals surface area contributed by atoms with Gasteiger partial charge in [0, 0.05) is 36.2 Å². The molecule has 1 aliphatic heterocycles. The van der Waals surface area contributed by atoms with Crippen LogP contribution in [0.3, 0.4) is 0 Å². The topological polar surface area (TPSA) is 64.7 Å². The zero-order valence-electron chi connectivity index (χ0n) is 15.2. The molecule has 29 heavy (non-hydrogen) atoms. The van der Waals surface area contributed by atoms with Gasteiger partial charge in [-0.3, -0.25) is 0 Å². The van der Waals surface area contributed by atoms with E-state index in [4.69, 9.17) is 46.4 Å². The molecular weight excluding hydrogens is 458 g/mol. The van der Waals surface area contributed by atoms with Crippen molar-refractivity contribution in [1.82, 2.24) is 9.80 Å². The van der Waals surface area contributed by atoms with Crippen molar-refractivity contribution in [3.63, 3.8) is 0 Å². The summed E-state index contributed by atoms with van der Waals surface area (Å²) >= 11 is 24.1. The molecule has 154 valence electrons. The summed E-state index contributed by atoms with van der Waals surface area (Å²) < 4.78 is 0. The van der Waals surface area contributed by atoms with E-state index < -0.39 is 0 Å². The predicted molar refractivity (Wildman–Crippen MR) is 119 cm³/mol. The number of hydrogen-bond acceptors (Lipinski definition) is 2. The molecule has 0 aromatic heterocycles. The maximum atomic E-state index is 12.6. The molecule has 2 aromatic carbocycles. The van der Waals surface area contributed by atoms with Crippen molar-refractivity contribution in [2.75, 3.05) is 36.8 Å². The molecule has 0 atom stereocenters. The van der Waals surface area contributed by atoms with Crippen LogP contribution in [0.15, 0.2) is 36.4 Å². The number of hydrogen-bond donors (Lipinski definition) is 2. The van der Waals surface area contributed by atoms with E-state index in [0.717, 1.165) is 0 Å². The van der Waals surface area contributed by atoms with Crippen molar-refractivity contribution < 1.29 is 9.59 Å². The molecule has 1 saturated heterocycles. The third-order valence-electron chi connectivity index (χ3n) is 4.41. The average molecular weight is 476 g/mol. The molecule has 10 heteroatoms. The van der Waals surface area contributed by atoms with Crippen molar-refractivity contribution in [2.45, 2.75) is 6.42 Å². The van der Waals surface area contributed by atoms with Crippen molar-refractivity contribution in [1.29, 1.82) is 0 Å². The molecule has 1 fully saturated rings. The van der Waals surface area contributed by atoms with Crippen LogP contribution in [-0.2, 0) is 0 Å². The maximum absolute atomic E-state index is 12.6. The number of rotatable bonds is 2. The zero-order valence-corrected chi connectivity index (χ0v) is 18.2. The van der Waals surface area contributed by atoms with Gasteiger partial charge in [0.1, 0.15) is 0 Å². The highest BCUT2D eigenvalue weighted by molar-refractivity contribution is 6.36. The summed E-state index contributed by atoms with van der Waals surface area (Å²) in [7, 11) is 0. The number of halogens is 4. The monoisotopic (exact) mass is 474 g/mol. The van der Waals surface area contributed by atoms with Gasteiger partial charge in [0.05, 0.1) is 21.4 Å². The van der Waals surface area contributed by atoms with E-state index in [9.17, 15) is 9.59 Å². The van der Waals surface area contributed by atoms with E-state index in [1.54, 1.807) is 46.2 Å². The van der Waals surface area contributed by atoms with E-state index >= 15 is 0 Å². The first-order valence-corrected chi connectivity index (χ1v) is 10.4. The lowest BCUT2D eigenvalue weighted by Crippen LogP contribution is -2.40. The van der Waals surface area contributed by atoms with E-state index in [2.05, 4.69) is 10.6 Å². The second-order valence-corrected chi connectivity index (χ2v) is 8.12. The van der Waals surface area contributed by atoms with Crippen LogP contribution in [0.4, 0.5) is 21.0 Å². The molecule has 0 saturated carbocycles. The molecular formula is C19H18Cl4N4O2. The number of carbonyl (C=O) groups is 2. The number of nitrogens with zero attached hydrogens (tertiary/aromatic N) is 2. The summed E-state index contributed by atoms with van der Waals surface area (Å²) in [6.07, 6.45) is 0.632. The zero-order chi connectivity index (χ0) is 21.0. The van der Waals surface area contributed by atoms with Crippen LogP contribution in [0.1, 0.15) is 6.42 Å². The highest BCUT2D eigenvalue weighted by atomic mass is 35.5. The second-order valence-electron chi connectivity index (χ2n) is 6.44. The average Bonchev–Trinajstić information content (AvgIpc) is 2.94. The number of urea groups is 2. The van der Waals surface area contributed by atoms with Gasteiger partial charge in [0.25, 0.3) is 0 Å². The standard InChI is InChI=1S/C19H18Cl4N4O2/c20-12-2-4-14(22)16(10-12)24-18(28)26-6-1-7-27(9-8-26)19(29)25-17-11-13(21)3-5-15(17)23/h2-5,10-11H,1,6-9H2,(H,24,28)(H,25,29). The number of amides is 4. The number of benzene rings is 2. The van der Waals surface area contributed by atoms with Gasteiger partial charge in [-0.05, 0) is 42.8 Å². The molecule has 1 heterocycles. The van der Waals surface area contributed by atoms with Gasteiger partial charge in [-0.2, -0.15) is 0 Å². The molecule has 6 nitrogen and oxygen atoms in total. The Morgan fingerprint density at radius 3 is 1.52 bits per heavy atom. The van der Waals surface area contributed by atoms with E-state index in [0.29, 0.717) is 64.1 Å². The van der Waals surface area contributed by atoms with Crippen LogP contribution < -0.4 is 10.6 Å². The summed E-state index contributed by atoms with van der Waals surface area (Å²) in [6, 6.07) is 9.12. The minimum Gasteiger partial charge on any atom is -0.323 e. The first kappa shape index (κ1) is 21.8. The number of carbonyl (C=O) groups excluding carboxylic acids is 2. The van der Waals surface area contributed by atoms with Crippen LogP contribution in [0.25, 0.3) is 0 Å². The molecule has 0 radical (unpaired) electrons. The third kappa shape index (κ3) is 5.82. The smallest absolute Gasteiger partial charge is 0.321 e. The lowest BCUT2D eigenvalue weighted by atomic mass is 10.3. The molecule has 0 spiro atoms. The van der Waals surface area contributed by atoms with E-state index in [1.165, 1.54) is 0 Å². The molecule has 4 amide bonds. The summed E-state index contributed by atoms with van der Waals surface area (Å²) in [4.78, 5) is 28.5. The minimum absolute atomic E-state index is 0.297. The molecule has 0 bridgehead atoms. The molecule has 0 aliphatic carbocycles. The highest BCUT2D eigenvalue weighted by Crippen LogP contribution is 2.27. The predicted octanol–water partition coefficient (Wildman–Crippen LogP) is 6.07. The van der Waals surface area contributed by atoms with Crippen molar-refractivity contribution in [3.8, 4) is 0 Å². The maximum Gasteiger partial charge on any atom is 0.321 e. The van der Waals surface area contributed by atoms with Gasteiger partial charge >= 0.3 is 12.1 Å². The van der Waals surface area contributed by atoms with Crippen LogP contribution >= 0.6 is 46.4 Å². The highest BCUT2D eigenvalue weighted by Gasteiger charge is 2.23. The Kier molecular flexibility index (Phi) is 7.35. The Labute approximate surface area is 188 Å². The van der Waals surface area contributed by atoms with Crippen LogP contribution in [0.5, 0.6) is 0 Å². The van der Waals surface area contributed by atoms with Gasteiger partial charge in [-0.25, -0.2) is 9.59 Å². The molecule has 2 N–H and O–H groups in total. The summed E-state index contributed by atoms with van der Waals surface area (Å²) in [5, 5.41) is 7.28. The second kappa shape index (κ2) is 9.76. The van der Waals surface area contributed by atoms with Gasteiger partial charge in [-0.15, -0.1) is 0 Å². The van der Waals surface area contributed by atoms with Crippen LogP contribution in [0, 0.1) is 0 Å². The summed E-state index contributed by atoms with van der Waals surface area (Å²) in [6.45, 7) is 1.76. The van der Waals surface area contributed by atoms with E-state index in [-0.39, 0.29) is 12.1 Å². The van der Waals surface area contributed by atoms with Crippen molar-refractivity contribution in [3.05, 3.63) is 56.5 Å². The fourth-order valence-electron chi connectivity index (χ4n) is 2.90. The molecule has 2 aromatic rings. The Balaban J connectivity index is 1.59. The summed E-state index contributed by atoms with van der Waals surface area (Å²) in [5.74, 6) is 0. The molecule has 0 unspecified atom stereocenters. The van der Waals surface area contributed by atoms with Crippen molar-refractivity contribution in [2.24, 2.45) is 0 Å². The molecule has 1 aliphatic rings. The lowest BCUT2D eigenvalue weighted by Gasteiger charge is -2.23. The quantitative estimate of drug-likeness (QED) is 0.553. The molecule has 3 rings (SSSR count). The fourth-order valence-corrected chi connectivity index (χ4v) is 3.57. The third-order valence-corrected chi connectivity index (χ3v) is 5.54. The van der Waals surface area contributed by atoms with Gasteiger partial charge < -0.3 is 20.4 Å². The Morgan fingerprint density at radius 2 is 1.10 bits per heavy atom. The van der Waals surface area contributed by atoms with Gasteiger partial charge in [0.15, 0.2) is 0 Å². The lowest BCUT2D eigenvalue weighted by molar-refractivity contribution is 0.205. The number of nitrogens with one attached hydrogen (secondary N) is 2. The largest absolute Gasteiger partial charge is 0.323 e. The van der Waals surface area contributed by atoms with Crippen molar-refractivity contribution >= 4 is 69.8 Å². The first-order valence-electron chi connectivity index (χ1n) is 8.85. The number of anilines is 2. The fraction of sp³-hybridized carbons (Fsp3) is 0.263. The first-order chi connectivity index (χ1) is 13.8. The summed E-state index contributed by atoms with van der Waals surface area (Å²) in [5.41, 5.74) is 0.886. The normalized spacial score (nSPS) is 14.3. The minimum atomic E-state index is -0.297. The van der Waals surface area contributed by atoms with Gasteiger partial charge in [-0.1, -0.05) is 46.4 Å². The van der Waals surface area contributed by atoms with Crippen LogP contribution in [-0.4, -0.2) is 48.0 Å².